The van der Waals surface area contributed by atoms with Crippen molar-refractivity contribution in [3.63, 3.8) is 0 Å². The van der Waals surface area contributed by atoms with Crippen LogP contribution < -0.4 is 15.2 Å². The summed E-state index contributed by atoms with van der Waals surface area (Å²) in [5.74, 6) is -5.44. The molecule has 0 aliphatic heterocycles. The van der Waals surface area contributed by atoms with Gasteiger partial charge < -0.3 is 35.6 Å². The Hall–Kier alpha value is -4.57. The number of ketones is 2. The third kappa shape index (κ3) is 3.87. The summed E-state index contributed by atoms with van der Waals surface area (Å²) in [6.45, 7) is 0. The van der Waals surface area contributed by atoms with Crippen molar-refractivity contribution in [1.29, 1.82) is 0 Å². The Morgan fingerprint density at radius 2 is 1.74 bits per heavy atom. The van der Waals surface area contributed by atoms with Crippen LogP contribution in [0, 0.1) is 11.8 Å². The first-order chi connectivity index (χ1) is 18.5. The molecule has 10 nitrogen and oxygen atoms in total. The topological polar surface area (TPSA) is 177 Å². The molecule has 1 amide bonds. The zero-order valence-corrected chi connectivity index (χ0v) is 21.2. The zero-order chi connectivity index (χ0) is 28.2. The minimum absolute atomic E-state index is 0.0385. The summed E-state index contributed by atoms with van der Waals surface area (Å²) < 4.78 is 10.6. The van der Waals surface area contributed by atoms with Crippen LogP contribution in [0.2, 0.25) is 0 Å². The number of nitrogens with two attached hydrogens (primary N) is 1. The number of amides is 1. The van der Waals surface area contributed by atoms with Gasteiger partial charge in [-0.2, -0.15) is 0 Å². The van der Waals surface area contributed by atoms with E-state index in [2.05, 4.69) is 0 Å². The number of carbonyl (C=O) groups excluding carboxylic acids is 3. The van der Waals surface area contributed by atoms with Crippen molar-refractivity contribution in [2.24, 2.45) is 17.6 Å². The lowest BCUT2D eigenvalue weighted by Gasteiger charge is -2.46. The quantitative estimate of drug-likeness (QED) is 0.286. The van der Waals surface area contributed by atoms with Crippen molar-refractivity contribution in [3.05, 3.63) is 69.5 Å². The van der Waals surface area contributed by atoms with E-state index in [9.17, 15) is 34.8 Å². The van der Waals surface area contributed by atoms with E-state index in [1.54, 1.807) is 31.4 Å². The first-order valence-corrected chi connectivity index (χ1v) is 12.2. The molecule has 2 aromatic carbocycles. The van der Waals surface area contributed by atoms with Gasteiger partial charge in [-0.25, -0.2) is 0 Å². The summed E-state index contributed by atoms with van der Waals surface area (Å²) in [5, 5.41) is 43.9. The largest absolute Gasteiger partial charge is 0.508 e. The monoisotopic (exact) mass is 533 g/mol. The number of methoxy groups -OCH3 is 2. The van der Waals surface area contributed by atoms with Crippen LogP contribution in [0.3, 0.4) is 0 Å². The average molecular weight is 534 g/mol. The van der Waals surface area contributed by atoms with Crippen LogP contribution in [0.1, 0.15) is 35.1 Å². The molecule has 3 aliphatic rings. The fraction of sp³-hybridized carbons (Fsp3) is 0.276. The highest BCUT2D eigenvalue weighted by atomic mass is 16.5. The average Bonchev–Trinajstić information content (AvgIpc) is 2.89. The van der Waals surface area contributed by atoms with E-state index in [1.807, 2.05) is 12.1 Å². The number of fused-ring (bicyclic) bond motifs is 3. The Balaban J connectivity index is 1.59. The Labute approximate surface area is 223 Å². The lowest BCUT2D eigenvalue weighted by molar-refractivity contribution is -0.147. The summed E-state index contributed by atoms with van der Waals surface area (Å²) in [4.78, 5) is 37.9. The number of ether oxygens (including phenoxy) is 2. The van der Waals surface area contributed by atoms with E-state index in [0.29, 0.717) is 22.6 Å². The molecule has 0 aromatic heterocycles. The number of aromatic hydroxyl groups is 1. The van der Waals surface area contributed by atoms with Crippen LogP contribution >= 0.6 is 0 Å². The lowest BCUT2D eigenvalue weighted by atomic mass is 9.59. The molecule has 3 unspecified atom stereocenters. The number of benzene rings is 2. The molecule has 1 saturated carbocycles. The molecule has 0 spiro atoms. The SMILES string of the molecule is COc1ccc(C=Cc2ccc(O)c3c2CC2CC4CC(=O)C(C(N)=O)=C(O)C4(O)C(=O)C2=C3O)cc1OC. The van der Waals surface area contributed by atoms with E-state index in [4.69, 9.17) is 15.2 Å². The summed E-state index contributed by atoms with van der Waals surface area (Å²) in [7, 11) is 3.07. The third-order valence-corrected chi connectivity index (χ3v) is 7.85. The van der Waals surface area contributed by atoms with E-state index in [-0.39, 0.29) is 36.1 Å². The van der Waals surface area contributed by atoms with Crippen LogP contribution in [0.4, 0.5) is 0 Å². The predicted octanol–water partition coefficient (Wildman–Crippen LogP) is 2.61. The van der Waals surface area contributed by atoms with Crippen molar-refractivity contribution in [3.8, 4) is 17.2 Å². The summed E-state index contributed by atoms with van der Waals surface area (Å²) in [5.41, 5.74) is 3.73. The van der Waals surface area contributed by atoms with Gasteiger partial charge in [-0.3, -0.25) is 14.4 Å². The summed E-state index contributed by atoms with van der Waals surface area (Å²) in [6, 6.07) is 8.46. The van der Waals surface area contributed by atoms with Gasteiger partial charge >= 0.3 is 0 Å². The highest BCUT2D eigenvalue weighted by Crippen LogP contribution is 2.52. The van der Waals surface area contributed by atoms with Crippen LogP contribution in [0.25, 0.3) is 17.9 Å². The number of hydrogen-bond donors (Lipinski definition) is 5. The molecule has 0 radical (unpaired) electrons. The van der Waals surface area contributed by atoms with Gasteiger partial charge in [0.1, 0.15) is 22.8 Å². The van der Waals surface area contributed by atoms with Crippen LogP contribution in [0.5, 0.6) is 17.2 Å². The summed E-state index contributed by atoms with van der Waals surface area (Å²) in [6.07, 6.45) is 3.54. The molecule has 3 atom stereocenters. The van der Waals surface area contributed by atoms with Gasteiger partial charge in [0.25, 0.3) is 5.91 Å². The molecule has 202 valence electrons. The number of phenolic OH excluding ortho intramolecular Hbond substituents is 1. The van der Waals surface area contributed by atoms with E-state index in [1.165, 1.54) is 13.2 Å². The Morgan fingerprint density at radius 3 is 2.41 bits per heavy atom. The van der Waals surface area contributed by atoms with Gasteiger partial charge in [0.05, 0.1) is 19.8 Å². The van der Waals surface area contributed by atoms with Crippen molar-refractivity contribution in [2.45, 2.75) is 24.9 Å². The lowest BCUT2D eigenvalue weighted by Crippen LogP contribution is -2.58. The Bertz CT molecular complexity index is 1530. The van der Waals surface area contributed by atoms with E-state index >= 15 is 0 Å². The van der Waals surface area contributed by atoms with Crippen molar-refractivity contribution in [2.75, 3.05) is 14.2 Å². The van der Waals surface area contributed by atoms with Crippen LogP contribution in [-0.2, 0) is 20.8 Å². The minimum atomic E-state index is -2.59. The molecule has 5 rings (SSSR count). The molecule has 0 saturated heterocycles. The van der Waals surface area contributed by atoms with Crippen LogP contribution in [-0.4, -0.2) is 57.7 Å². The van der Waals surface area contributed by atoms with Crippen molar-refractivity contribution in [1.82, 2.24) is 0 Å². The molecule has 0 bridgehead atoms. The fourth-order valence-electron chi connectivity index (χ4n) is 5.94. The van der Waals surface area contributed by atoms with Gasteiger partial charge in [-0.15, -0.1) is 0 Å². The molecule has 10 heteroatoms. The predicted molar refractivity (Wildman–Crippen MR) is 140 cm³/mol. The molecule has 39 heavy (non-hydrogen) atoms. The molecule has 0 heterocycles. The summed E-state index contributed by atoms with van der Waals surface area (Å²) >= 11 is 0. The number of hydrogen-bond acceptors (Lipinski definition) is 9. The molecule has 1 fully saturated rings. The second-order valence-corrected chi connectivity index (χ2v) is 9.88. The number of aliphatic hydroxyl groups is 3. The zero-order valence-electron chi connectivity index (χ0n) is 21.2. The van der Waals surface area contributed by atoms with Crippen LogP contribution in [0.15, 0.2) is 47.2 Å². The van der Waals surface area contributed by atoms with Gasteiger partial charge in [0, 0.05) is 17.9 Å². The molecule has 6 N–H and O–H groups in total. The first kappa shape index (κ1) is 26.1. The smallest absolute Gasteiger partial charge is 0.255 e. The standard InChI is InChI=1S/C29H27NO9/c1-38-20-8-4-13(9-21(20)39-2)3-5-14-6-7-18(31)23-17(14)11-15-10-16-12-19(32)24(28(30)36)27(35)29(16,37)26(34)22(15)25(23)33/h3-9,15-16,31,33,35,37H,10-12H2,1-2H3,(H2,30,36). The van der Waals surface area contributed by atoms with Crippen molar-refractivity contribution >= 4 is 35.4 Å². The Kier molecular flexibility index (Phi) is 6.22. The molecular weight excluding hydrogens is 506 g/mol. The van der Waals surface area contributed by atoms with Gasteiger partial charge in [-0.1, -0.05) is 24.3 Å². The van der Waals surface area contributed by atoms with Gasteiger partial charge in [0.2, 0.25) is 5.78 Å². The number of carbonyl (C=O) groups is 3. The third-order valence-electron chi connectivity index (χ3n) is 7.85. The highest BCUT2D eigenvalue weighted by molar-refractivity contribution is 6.22. The second-order valence-electron chi connectivity index (χ2n) is 9.88. The maximum absolute atomic E-state index is 13.6. The first-order valence-electron chi connectivity index (χ1n) is 12.2. The number of phenols is 1. The van der Waals surface area contributed by atoms with E-state index < -0.39 is 52.0 Å². The minimum Gasteiger partial charge on any atom is -0.508 e. The number of primary amides is 1. The highest BCUT2D eigenvalue weighted by Gasteiger charge is 2.60. The molecule has 2 aromatic rings. The van der Waals surface area contributed by atoms with Crippen molar-refractivity contribution < 1.29 is 44.3 Å². The molecular formula is C29H27NO9. The van der Waals surface area contributed by atoms with Gasteiger partial charge in [-0.05, 0) is 53.6 Å². The number of aliphatic hydroxyl groups excluding tert-OH is 2. The van der Waals surface area contributed by atoms with E-state index in [0.717, 1.165) is 5.56 Å². The van der Waals surface area contributed by atoms with Gasteiger partial charge in [0.15, 0.2) is 22.9 Å². The maximum Gasteiger partial charge on any atom is 0.255 e. The second kappa shape index (κ2) is 9.32. The Morgan fingerprint density at radius 1 is 1.03 bits per heavy atom. The maximum atomic E-state index is 13.6. The number of rotatable bonds is 5. The fourth-order valence-corrected chi connectivity index (χ4v) is 5.94. The normalized spacial score (nSPS) is 24.4. The number of Topliss-reactive ketones (excluding diaryl/α,β-unsaturated/α-hetero) is 2. The molecule has 3 aliphatic carbocycles.